The van der Waals surface area contributed by atoms with Crippen molar-refractivity contribution < 1.29 is 9.21 Å². The monoisotopic (exact) mass is 341 g/mol. The van der Waals surface area contributed by atoms with Crippen LogP contribution in [0, 0.1) is 0 Å². The number of carbonyl (C=O) groups is 1. The second-order valence-electron chi connectivity index (χ2n) is 7.33. The molecule has 0 saturated carbocycles. The van der Waals surface area contributed by atoms with Crippen molar-refractivity contribution in [2.75, 3.05) is 0 Å². The van der Waals surface area contributed by atoms with Gasteiger partial charge in [0.05, 0.1) is 0 Å². The van der Waals surface area contributed by atoms with Crippen molar-refractivity contribution in [1.82, 2.24) is 15.1 Å². The Kier molecular flexibility index (Phi) is 5.21. The molecule has 1 fully saturated rings. The summed E-state index contributed by atoms with van der Waals surface area (Å²) in [7, 11) is 0. The van der Waals surface area contributed by atoms with E-state index < -0.39 is 0 Å². The number of likely N-dealkylation sites (tertiary alicyclic amines) is 1. The molecule has 25 heavy (non-hydrogen) atoms. The standard InChI is InChI=1S/C20H27N3O2/c1-13(2)20-22-21-18(25-20)10-11-19(24)23-14(3)12-17(15(23)4)16-8-6-5-7-9-16/h5-9,13-15,17H,10-12H2,1-4H3/t14-,15-,17+/m1/s1. The van der Waals surface area contributed by atoms with E-state index in [0.717, 1.165) is 6.42 Å². The molecule has 1 saturated heterocycles. The number of benzene rings is 1. The van der Waals surface area contributed by atoms with Gasteiger partial charge in [-0.2, -0.15) is 0 Å². The summed E-state index contributed by atoms with van der Waals surface area (Å²) >= 11 is 0. The Morgan fingerprint density at radius 2 is 1.96 bits per heavy atom. The van der Waals surface area contributed by atoms with E-state index in [-0.39, 0.29) is 23.9 Å². The molecule has 134 valence electrons. The first-order valence-electron chi connectivity index (χ1n) is 9.15. The number of hydrogen-bond acceptors (Lipinski definition) is 4. The molecular formula is C20H27N3O2. The fourth-order valence-corrected chi connectivity index (χ4v) is 3.80. The molecule has 1 amide bonds. The zero-order valence-corrected chi connectivity index (χ0v) is 15.5. The molecule has 1 aliphatic heterocycles. The molecular weight excluding hydrogens is 314 g/mol. The minimum absolute atomic E-state index is 0.169. The van der Waals surface area contributed by atoms with E-state index in [1.54, 1.807) is 0 Å². The third kappa shape index (κ3) is 3.75. The minimum atomic E-state index is 0.169. The van der Waals surface area contributed by atoms with Gasteiger partial charge in [0.2, 0.25) is 17.7 Å². The van der Waals surface area contributed by atoms with Crippen LogP contribution in [0.2, 0.25) is 0 Å². The lowest BCUT2D eigenvalue weighted by Gasteiger charge is -2.28. The van der Waals surface area contributed by atoms with Crippen LogP contribution in [0.1, 0.15) is 69.7 Å². The smallest absolute Gasteiger partial charge is 0.223 e. The Bertz CT molecular complexity index is 711. The van der Waals surface area contributed by atoms with Gasteiger partial charge < -0.3 is 9.32 Å². The van der Waals surface area contributed by atoms with E-state index in [2.05, 4.69) is 48.3 Å². The van der Waals surface area contributed by atoms with Gasteiger partial charge in [-0.1, -0.05) is 44.2 Å². The van der Waals surface area contributed by atoms with Crippen LogP contribution in [0.4, 0.5) is 0 Å². The highest BCUT2D eigenvalue weighted by Gasteiger charge is 2.39. The average Bonchev–Trinajstić information content (AvgIpc) is 3.18. The molecule has 3 atom stereocenters. The second-order valence-corrected chi connectivity index (χ2v) is 7.33. The first-order chi connectivity index (χ1) is 12.0. The number of aromatic nitrogens is 2. The normalized spacial score (nSPS) is 23.4. The van der Waals surface area contributed by atoms with E-state index in [4.69, 9.17) is 4.42 Å². The van der Waals surface area contributed by atoms with Crippen molar-refractivity contribution in [3.8, 4) is 0 Å². The SMILES string of the molecule is CC(C)c1nnc(CCC(=O)N2[C@H](C)C[C@H](c3ccccc3)[C@H]2C)o1. The van der Waals surface area contributed by atoms with Gasteiger partial charge >= 0.3 is 0 Å². The highest BCUT2D eigenvalue weighted by Crippen LogP contribution is 2.37. The van der Waals surface area contributed by atoms with E-state index in [0.29, 0.717) is 30.5 Å². The van der Waals surface area contributed by atoms with Crippen LogP contribution in [0.25, 0.3) is 0 Å². The van der Waals surface area contributed by atoms with Gasteiger partial charge in [0, 0.05) is 36.8 Å². The Morgan fingerprint density at radius 1 is 1.24 bits per heavy atom. The largest absolute Gasteiger partial charge is 0.425 e. The molecule has 0 bridgehead atoms. The Balaban J connectivity index is 1.63. The maximum Gasteiger partial charge on any atom is 0.223 e. The van der Waals surface area contributed by atoms with Crippen LogP contribution in [0.15, 0.2) is 34.7 Å². The zero-order valence-electron chi connectivity index (χ0n) is 15.5. The van der Waals surface area contributed by atoms with E-state index >= 15 is 0 Å². The van der Waals surface area contributed by atoms with Crippen LogP contribution < -0.4 is 0 Å². The summed E-state index contributed by atoms with van der Waals surface area (Å²) in [6, 6.07) is 10.9. The van der Waals surface area contributed by atoms with Gasteiger partial charge in [0.15, 0.2) is 0 Å². The van der Waals surface area contributed by atoms with Gasteiger partial charge in [-0.15, -0.1) is 10.2 Å². The molecule has 1 aliphatic rings. The Labute approximate surface area is 149 Å². The predicted octanol–water partition coefficient (Wildman–Crippen LogP) is 3.92. The number of aryl methyl sites for hydroxylation is 1. The first kappa shape index (κ1) is 17.6. The molecule has 3 rings (SSSR count). The van der Waals surface area contributed by atoms with Crippen LogP contribution >= 0.6 is 0 Å². The summed E-state index contributed by atoms with van der Waals surface area (Å²) in [4.78, 5) is 14.8. The summed E-state index contributed by atoms with van der Waals surface area (Å²) in [5, 5.41) is 8.08. The average molecular weight is 341 g/mol. The number of hydrogen-bond donors (Lipinski definition) is 0. The number of rotatable bonds is 5. The van der Waals surface area contributed by atoms with Gasteiger partial charge in [-0.25, -0.2) is 0 Å². The molecule has 1 aromatic heterocycles. The summed E-state index contributed by atoms with van der Waals surface area (Å²) in [6.45, 7) is 8.32. The van der Waals surface area contributed by atoms with Gasteiger partial charge in [0.25, 0.3) is 0 Å². The molecule has 5 heteroatoms. The molecule has 0 unspecified atom stereocenters. The third-order valence-electron chi connectivity index (χ3n) is 5.14. The molecule has 5 nitrogen and oxygen atoms in total. The molecule has 2 aromatic rings. The summed E-state index contributed by atoms with van der Waals surface area (Å²) in [6.07, 6.45) is 1.93. The van der Waals surface area contributed by atoms with Crippen molar-refractivity contribution in [3.63, 3.8) is 0 Å². The van der Waals surface area contributed by atoms with E-state index in [1.807, 2.05) is 24.8 Å². The second kappa shape index (κ2) is 7.38. The van der Waals surface area contributed by atoms with Crippen molar-refractivity contribution in [2.24, 2.45) is 0 Å². The van der Waals surface area contributed by atoms with E-state index in [9.17, 15) is 4.79 Å². The number of amides is 1. The Morgan fingerprint density at radius 3 is 2.60 bits per heavy atom. The van der Waals surface area contributed by atoms with Crippen molar-refractivity contribution in [1.29, 1.82) is 0 Å². The minimum Gasteiger partial charge on any atom is -0.425 e. The summed E-state index contributed by atoms with van der Waals surface area (Å²) in [5.41, 5.74) is 1.32. The quantitative estimate of drug-likeness (QED) is 0.827. The van der Waals surface area contributed by atoms with Crippen LogP contribution in [-0.4, -0.2) is 33.1 Å². The summed E-state index contributed by atoms with van der Waals surface area (Å²) in [5.74, 6) is 1.96. The van der Waals surface area contributed by atoms with Gasteiger partial charge in [0.1, 0.15) is 0 Å². The van der Waals surface area contributed by atoms with Crippen molar-refractivity contribution in [2.45, 2.75) is 70.9 Å². The fraction of sp³-hybridized carbons (Fsp3) is 0.550. The Hall–Kier alpha value is -2.17. The molecule has 2 heterocycles. The van der Waals surface area contributed by atoms with Crippen LogP contribution in [-0.2, 0) is 11.2 Å². The fourth-order valence-electron chi connectivity index (χ4n) is 3.80. The lowest BCUT2D eigenvalue weighted by molar-refractivity contribution is -0.133. The topological polar surface area (TPSA) is 59.2 Å². The maximum atomic E-state index is 12.8. The lowest BCUT2D eigenvalue weighted by atomic mass is 9.92. The zero-order chi connectivity index (χ0) is 18.0. The van der Waals surface area contributed by atoms with Crippen molar-refractivity contribution in [3.05, 3.63) is 47.7 Å². The highest BCUT2D eigenvalue weighted by molar-refractivity contribution is 5.77. The first-order valence-corrected chi connectivity index (χ1v) is 9.15. The van der Waals surface area contributed by atoms with E-state index in [1.165, 1.54) is 5.56 Å². The molecule has 0 radical (unpaired) electrons. The van der Waals surface area contributed by atoms with Crippen LogP contribution in [0.5, 0.6) is 0 Å². The highest BCUT2D eigenvalue weighted by atomic mass is 16.4. The molecule has 0 spiro atoms. The molecule has 0 aliphatic carbocycles. The van der Waals surface area contributed by atoms with Gasteiger partial charge in [-0.3, -0.25) is 4.79 Å². The number of nitrogens with zero attached hydrogens (tertiary/aromatic N) is 3. The van der Waals surface area contributed by atoms with Gasteiger partial charge in [-0.05, 0) is 25.8 Å². The predicted molar refractivity (Wildman–Crippen MR) is 96.3 cm³/mol. The number of carbonyl (C=O) groups excluding carboxylic acids is 1. The lowest BCUT2D eigenvalue weighted by Crippen LogP contribution is -2.39. The van der Waals surface area contributed by atoms with Crippen LogP contribution in [0.3, 0.4) is 0 Å². The van der Waals surface area contributed by atoms with Crippen molar-refractivity contribution >= 4 is 5.91 Å². The summed E-state index contributed by atoms with van der Waals surface area (Å²) < 4.78 is 5.61. The third-order valence-corrected chi connectivity index (χ3v) is 5.14. The molecule has 0 N–H and O–H groups in total. The molecule has 1 aromatic carbocycles. The maximum absolute atomic E-state index is 12.8.